The molecule has 6 heteroatoms. The fraction of sp³-hybridized carbons (Fsp3) is 1.00. The third-order valence-corrected chi connectivity index (χ3v) is 5.77. The summed E-state index contributed by atoms with van der Waals surface area (Å²) in [5, 5.41) is 0. The zero-order valence-electron chi connectivity index (χ0n) is 11.4. The van der Waals surface area contributed by atoms with Crippen molar-refractivity contribution >= 4 is 21.8 Å². The van der Waals surface area contributed by atoms with Crippen molar-refractivity contribution in [3.8, 4) is 0 Å². The Balaban J connectivity index is 2.86. The Morgan fingerprint density at radius 1 is 1.22 bits per heavy atom. The van der Waals surface area contributed by atoms with Crippen LogP contribution in [0.1, 0.15) is 46.0 Å². The van der Waals surface area contributed by atoms with Crippen molar-refractivity contribution in [2.45, 2.75) is 52.0 Å². The molecule has 1 heterocycles. The molecule has 1 aliphatic rings. The topological polar surface area (TPSA) is 40.6 Å². The maximum Gasteiger partial charge on any atom is 0.282 e. The van der Waals surface area contributed by atoms with Gasteiger partial charge in [-0.05, 0) is 25.7 Å². The fourth-order valence-corrected chi connectivity index (χ4v) is 4.86. The molecule has 0 N–H and O–H groups in total. The predicted octanol–water partition coefficient (Wildman–Crippen LogP) is 2.45. The van der Waals surface area contributed by atoms with Gasteiger partial charge in [0.2, 0.25) is 0 Å². The van der Waals surface area contributed by atoms with Gasteiger partial charge < -0.3 is 0 Å². The first kappa shape index (κ1) is 16.2. The van der Waals surface area contributed by atoms with Gasteiger partial charge in [-0.25, -0.2) is 0 Å². The summed E-state index contributed by atoms with van der Waals surface area (Å²) in [5.41, 5.74) is 0. The van der Waals surface area contributed by atoms with E-state index in [4.69, 9.17) is 11.6 Å². The van der Waals surface area contributed by atoms with E-state index in [0.717, 1.165) is 32.1 Å². The molecule has 4 nitrogen and oxygen atoms in total. The average molecular weight is 297 g/mol. The molecule has 1 atom stereocenters. The van der Waals surface area contributed by atoms with Gasteiger partial charge in [-0.3, -0.25) is 0 Å². The lowest BCUT2D eigenvalue weighted by atomic mass is 10.1. The van der Waals surface area contributed by atoms with Crippen LogP contribution in [-0.4, -0.2) is 48.6 Å². The Morgan fingerprint density at radius 3 is 2.33 bits per heavy atom. The lowest BCUT2D eigenvalue weighted by Gasteiger charge is -2.37. The van der Waals surface area contributed by atoms with Crippen LogP contribution < -0.4 is 0 Å². The molecule has 0 bridgehead atoms. The highest BCUT2D eigenvalue weighted by atomic mass is 35.5. The van der Waals surface area contributed by atoms with Crippen LogP contribution in [0.2, 0.25) is 0 Å². The SMILES string of the molecule is CCCN(CCC)S(=O)(=O)N1CCCCC1CCl. The minimum atomic E-state index is -3.33. The third kappa shape index (κ3) is 3.83. The minimum absolute atomic E-state index is 0.0263. The molecule has 0 aromatic heterocycles. The zero-order chi connectivity index (χ0) is 13.6. The van der Waals surface area contributed by atoms with Gasteiger partial charge in [0.25, 0.3) is 10.2 Å². The first-order valence-electron chi connectivity index (χ1n) is 6.90. The van der Waals surface area contributed by atoms with Gasteiger partial charge in [-0.1, -0.05) is 20.3 Å². The molecule has 18 heavy (non-hydrogen) atoms. The van der Waals surface area contributed by atoms with Crippen LogP contribution in [0.4, 0.5) is 0 Å². The summed E-state index contributed by atoms with van der Waals surface area (Å²) in [4.78, 5) is 0. The molecular weight excluding hydrogens is 272 g/mol. The zero-order valence-corrected chi connectivity index (χ0v) is 13.0. The molecular formula is C12H25ClN2O2S. The second-order valence-electron chi connectivity index (χ2n) is 4.82. The Labute approximate surface area is 116 Å². The molecule has 0 aromatic carbocycles. The summed E-state index contributed by atoms with van der Waals surface area (Å²) in [6.07, 6.45) is 4.59. The van der Waals surface area contributed by atoms with Gasteiger partial charge in [0.15, 0.2) is 0 Å². The highest BCUT2D eigenvalue weighted by Gasteiger charge is 2.35. The average Bonchev–Trinajstić information content (AvgIpc) is 2.38. The molecule has 0 saturated carbocycles. The highest BCUT2D eigenvalue weighted by Crippen LogP contribution is 2.23. The number of rotatable bonds is 7. The van der Waals surface area contributed by atoms with Crippen molar-refractivity contribution in [1.29, 1.82) is 0 Å². The first-order chi connectivity index (χ1) is 8.57. The largest absolute Gasteiger partial charge is 0.282 e. The van der Waals surface area contributed by atoms with Gasteiger partial charge in [0.05, 0.1) is 0 Å². The van der Waals surface area contributed by atoms with Crippen molar-refractivity contribution in [1.82, 2.24) is 8.61 Å². The third-order valence-electron chi connectivity index (χ3n) is 3.32. The van der Waals surface area contributed by atoms with Gasteiger partial charge >= 0.3 is 0 Å². The highest BCUT2D eigenvalue weighted by molar-refractivity contribution is 7.86. The minimum Gasteiger partial charge on any atom is -0.195 e. The van der Waals surface area contributed by atoms with Crippen LogP contribution in [0.3, 0.4) is 0 Å². The van der Waals surface area contributed by atoms with Crippen molar-refractivity contribution in [3.05, 3.63) is 0 Å². The maximum absolute atomic E-state index is 12.6. The first-order valence-corrected chi connectivity index (χ1v) is 8.83. The number of hydrogen-bond donors (Lipinski definition) is 0. The van der Waals surface area contributed by atoms with E-state index in [-0.39, 0.29) is 6.04 Å². The lowest BCUT2D eigenvalue weighted by molar-refractivity contribution is 0.246. The molecule has 1 saturated heterocycles. The summed E-state index contributed by atoms with van der Waals surface area (Å²) >= 11 is 5.92. The monoisotopic (exact) mass is 296 g/mol. The van der Waals surface area contributed by atoms with E-state index in [9.17, 15) is 8.42 Å². The van der Waals surface area contributed by atoms with E-state index in [0.29, 0.717) is 25.5 Å². The van der Waals surface area contributed by atoms with Crippen LogP contribution >= 0.6 is 11.6 Å². The standard InChI is InChI=1S/C12H25ClN2O2S/c1-3-8-14(9-4-2)18(16,17)15-10-6-5-7-12(15)11-13/h12H,3-11H2,1-2H3. The van der Waals surface area contributed by atoms with Crippen molar-refractivity contribution in [2.24, 2.45) is 0 Å². The Kier molecular flexibility index (Phi) is 6.92. The molecule has 1 aliphatic heterocycles. The van der Waals surface area contributed by atoms with E-state index in [1.165, 1.54) is 0 Å². The van der Waals surface area contributed by atoms with E-state index in [1.54, 1.807) is 8.61 Å². The van der Waals surface area contributed by atoms with Gasteiger partial charge in [0, 0.05) is 31.6 Å². The molecule has 1 fully saturated rings. The van der Waals surface area contributed by atoms with Gasteiger partial charge in [-0.15, -0.1) is 11.6 Å². The molecule has 108 valence electrons. The maximum atomic E-state index is 12.6. The molecule has 1 rings (SSSR count). The molecule has 0 aliphatic carbocycles. The molecule has 0 spiro atoms. The normalized spacial score (nSPS) is 22.6. The lowest BCUT2D eigenvalue weighted by Crippen LogP contribution is -2.51. The Hall–Kier alpha value is 0.160. The van der Waals surface area contributed by atoms with Crippen molar-refractivity contribution < 1.29 is 8.42 Å². The number of nitrogens with zero attached hydrogens (tertiary/aromatic N) is 2. The summed E-state index contributed by atoms with van der Waals surface area (Å²) in [7, 11) is -3.33. The Bertz CT molecular complexity index is 329. The number of halogens is 1. The quantitative estimate of drug-likeness (QED) is 0.677. The fourth-order valence-electron chi connectivity index (χ4n) is 2.42. The second-order valence-corrected chi connectivity index (χ2v) is 7.01. The van der Waals surface area contributed by atoms with Crippen molar-refractivity contribution in [3.63, 3.8) is 0 Å². The number of hydrogen-bond acceptors (Lipinski definition) is 2. The molecule has 1 unspecified atom stereocenters. The second kappa shape index (κ2) is 7.68. The van der Waals surface area contributed by atoms with E-state index >= 15 is 0 Å². The van der Waals surface area contributed by atoms with Crippen LogP contribution in [-0.2, 0) is 10.2 Å². The van der Waals surface area contributed by atoms with Crippen LogP contribution in [0.15, 0.2) is 0 Å². The van der Waals surface area contributed by atoms with Crippen LogP contribution in [0.5, 0.6) is 0 Å². The number of piperidine rings is 1. The summed E-state index contributed by atoms with van der Waals surface area (Å²) in [6.45, 7) is 5.83. The molecule has 0 amide bonds. The van der Waals surface area contributed by atoms with E-state index in [2.05, 4.69) is 0 Å². The Morgan fingerprint density at radius 2 is 1.83 bits per heavy atom. The van der Waals surface area contributed by atoms with Crippen molar-refractivity contribution in [2.75, 3.05) is 25.5 Å². The summed E-state index contributed by atoms with van der Waals surface area (Å²) in [6, 6.07) is -0.0263. The summed E-state index contributed by atoms with van der Waals surface area (Å²) in [5.74, 6) is 0.394. The predicted molar refractivity (Wildman–Crippen MR) is 76.1 cm³/mol. The smallest absolute Gasteiger partial charge is 0.195 e. The molecule has 0 radical (unpaired) electrons. The summed E-state index contributed by atoms with van der Waals surface area (Å²) < 4.78 is 28.5. The van der Waals surface area contributed by atoms with Gasteiger partial charge in [0.1, 0.15) is 0 Å². The van der Waals surface area contributed by atoms with Gasteiger partial charge in [-0.2, -0.15) is 17.0 Å². The van der Waals surface area contributed by atoms with E-state index < -0.39 is 10.2 Å². The molecule has 0 aromatic rings. The van der Waals surface area contributed by atoms with Crippen LogP contribution in [0.25, 0.3) is 0 Å². The van der Waals surface area contributed by atoms with E-state index in [1.807, 2.05) is 13.8 Å². The van der Waals surface area contributed by atoms with Crippen LogP contribution in [0, 0.1) is 0 Å². The number of alkyl halides is 1.